The van der Waals surface area contributed by atoms with Gasteiger partial charge >= 0.3 is 12.1 Å². The van der Waals surface area contributed by atoms with E-state index in [2.05, 4.69) is 4.74 Å². The van der Waals surface area contributed by atoms with Crippen molar-refractivity contribution < 1.29 is 22.7 Å². The first kappa shape index (κ1) is 17.0. The van der Waals surface area contributed by atoms with Crippen molar-refractivity contribution in [1.29, 1.82) is 0 Å². The van der Waals surface area contributed by atoms with E-state index in [1.807, 2.05) is 0 Å². The summed E-state index contributed by atoms with van der Waals surface area (Å²) in [7, 11) is 0. The number of benzene rings is 1. The van der Waals surface area contributed by atoms with Gasteiger partial charge in [-0.3, -0.25) is 4.79 Å². The van der Waals surface area contributed by atoms with Crippen molar-refractivity contribution in [3.8, 4) is 0 Å². The van der Waals surface area contributed by atoms with Crippen molar-refractivity contribution >= 4 is 12.0 Å². The molecule has 1 aromatic carbocycles. The number of rotatable bonds is 2. The number of carbonyl (C=O) groups excluding carboxylic acids is 1. The zero-order valence-electron chi connectivity index (χ0n) is 10.6. The van der Waals surface area contributed by atoms with Crippen molar-refractivity contribution in [3.63, 3.8) is 0 Å². The number of alkyl halides is 3. The van der Waals surface area contributed by atoms with Gasteiger partial charge in [0.1, 0.15) is 0 Å². The summed E-state index contributed by atoms with van der Waals surface area (Å²) in [6.45, 7) is 3.65. The molecule has 0 unspecified atom stereocenters. The van der Waals surface area contributed by atoms with Crippen molar-refractivity contribution in [2.45, 2.75) is 20.0 Å². The summed E-state index contributed by atoms with van der Waals surface area (Å²) in [6.07, 6.45) is -1.84. The zero-order valence-corrected chi connectivity index (χ0v) is 10.6. The Balaban J connectivity index is 0.000000459. The molecule has 1 rings (SSSR count). The SMILES string of the molecule is CCOC(C)=O.[NH-]/C=C/c1ccc(C(F)(F)F)cc1. The highest BCUT2D eigenvalue weighted by Gasteiger charge is 2.29. The molecular weight excluding hydrogens is 259 g/mol. The third kappa shape index (κ3) is 7.86. The molecule has 0 saturated heterocycles. The maximum atomic E-state index is 12.1. The number of hydrogen-bond donors (Lipinski definition) is 0. The summed E-state index contributed by atoms with van der Waals surface area (Å²) in [4.78, 5) is 9.82. The molecule has 0 aromatic heterocycles. The van der Waals surface area contributed by atoms with Crippen LogP contribution in [-0.2, 0) is 15.7 Å². The second-order valence-corrected chi connectivity index (χ2v) is 3.38. The highest BCUT2D eigenvalue weighted by Crippen LogP contribution is 2.29. The Morgan fingerprint density at radius 2 is 1.84 bits per heavy atom. The van der Waals surface area contributed by atoms with Crippen LogP contribution in [0.4, 0.5) is 13.2 Å². The third-order valence-electron chi connectivity index (χ3n) is 1.86. The van der Waals surface area contributed by atoms with Gasteiger partial charge in [0.15, 0.2) is 0 Å². The quantitative estimate of drug-likeness (QED) is 0.755. The lowest BCUT2D eigenvalue weighted by molar-refractivity contribution is -0.140. The third-order valence-corrected chi connectivity index (χ3v) is 1.86. The van der Waals surface area contributed by atoms with Crippen molar-refractivity contribution in [2.75, 3.05) is 6.61 Å². The highest BCUT2D eigenvalue weighted by atomic mass is 19.4. The zero-order chi connectivity index (χ0) is 14.9. The van der Waals surface area contributed by atoms with E-state index < -0.39 is 11.7 Å². The van der Waals surface area contributed by atoms with Crippen LogP contribution in [0.15, 0.2) is 30.5 Å². The Morgan fingerprint density at radius 1 is 1.32 bits per heavy atom. The van der Waals surface area contributed by atoms with Gasteiger partial charge in [0.25, 0.3) is 0 Å². The number of hydrogen-bond acceptors (Lipinski definition) is 2. The summed E-state index contributed by atoms with van der Waals surface area (Å²) < 4.78 is 40.6. The minimum absolute atomic E-state index is 0.211. The fourth-order valence-electron chi connectivity index (χ4n) is 1.08. The molecule has 0 atom stereocenters. The maximum absolute atomic E-state index is 12.1. The molecule has 0 heterocycles. The van der Waals surface area contributed by atoms with Gasteiger partial charge in [-0.1, -0.05) is 18.2 Å². The smallest absolute Gasteiger partial charge is 0.416 e. The van der Waals surface area contributed by atoms with Crippen LogP contribution in [0.1, 0.15) is 25.0 Å². The van der Waals surface area contributed by atoms with Crippen molar-refractivity contribution in [2.24, 2.45) is 0 Å². The van der Waals surface area contributed by atoms with E-state index >= 15 is 0 Å². The van der Waals surface area contributed by atoms with Crippen LogP contribution < -0.4 is 0 Å². The average molecular weight is 274 g/mol. The van der Waals surface area contributed by atoms with E-state index in [0.29, 0.717) is 12.2 Å². The van der Waals surface area contributed by atoms with Crippen molar-refractivity contribution in [3.05, 3.63) is 47.3 Å². The van der Waals surface area contributed by atoms with Crippen LogP contribution in [0.3, 0.4) is 0 Å². The molecule has 0 fully saturated rings. The largest absolute Gasteiger partial charge is 0.705 e. The Morgan fingerprint density at radius 3 is 2.11 bits per heavy atom. The van der Waals surface area contributed by atoms with Gasteiger partial charge in [0.2, 0.25) is 0 Å². The Kier molecular flexibility index (Phi) is 7.33. The highest BCUT2D eigenvalue weighted by molar-refractivity contribution is 5.65. The maximum Gasteiger partial charge on any atom is 0.416 e. The monoisotopic (exact) mass is 274 g/mol. The average Bonchev–Trinajstić information content (AvgIpc) is 2.29. The van der Waals surface area contributed by atoms with Gasteiger partial charge in [0, 0.05) is 6.92 Å². The molecule has 3 nitrogen and oxygen atoms in total. The fourth-order valence-corrected chi connectivity index (χ4v) is 1.08. The summed E-state index contributed by atoms with van der Waals surface area (Å²) in [5.74, 6) is -0.211. The molecule has 0 aliphatic heterocycles. The minimum Gasteiger partial charge on any atom is -0.705 e. The van der Waals surface area contributed by atoms with Gasteiger partial charge in [0.05, 0.1) is 12.2 Å². The molecule has 1 N–H and O–H groups in total. The Hall–Kier alpha value is -1.98. The number of nitrogens with one attached hydrogen (secondary N) is 1. The first-order valence-electron chi connectivity index (χ1n) is 5.45. The molecule has 0 aliphatic rings. The molecule has 1 aromatic rings. The minimum atomic E-state index is -4.29. The summed E-state index contributed by atoms with van der Waals surface area (Å²) in [6, 6.07) is 4.65. The molecule has 0 saturated carbocycles. The standard InChI is InChI=1S/C9H7F3N.C4H8O2/c10-9(11,12)8-3-1-7(2-4-8)5-6-13;1-3-6-4(2)5/h1-6,13H;3H2,1-2H3/q-1;/b6-5+;. The van der Waals surface area contributed by atoms with Gasteiger partial charge in [-0.2, -0.15) is 19.4 Å². The van der Waals surface area contributed by atoms with Crippen LogP contribution >= 0.6 is 0 Å². The Labute approximate surface area is 109 Å². The van der Waals surface area contributed by atoms with E-state index in [1.165, 1.54) is 25.1 Å². The molecule has 0 radical (unpaired) electrons. The first-order valence-corrected chi connectivity index (χ1v) is 5.45. The number of carbonyl (C=O) groups is 1. The molecule has 0 bridgehead atoms. The van der Waals surface area contributed by atoms with Crippen LogP contribution in [0, 0.1) is 0 Å². The van der Waals surface area contributed by atoms with Crippen LogP contribution in [0.25, 0.3) is 11.8 Å². The second kappa shape index (κ2) is 8.18. The second-order valence-electron chi connectivity index (χ2n) is 3.38. The fraction of sp³-hybridized carbons (Fsp3) is 0.308. The molecular formula is C13H15F3NO2-. The predicted octanol–water partition coefficient (Wildman–Crippen LogP) is 4.30. The normalized spacial score (nSPS) is 10.8. The molecule has 106 valence electrons. The molecule has 19 heavy (non-hydrogen) atoms. The van der Waals surface area contributed by atoms with Crippen molar-refractivity contribution in [1.82, 2.24) is 0 Å². The van der Waals surface area contributed by atoms with Crippen LogP contribution in [-0.4, -0.2) is 12.6 Å². The van der Waals surface area contributed by atoms with Gasteiger partial charge in [-0.25, -0.2) is 0 Å². The lowest BCUT2D eigenvalue weighted by Gasteiger charge is -2.05. The predicted molar refractivity (Wildman–Crippen MR) is 67.1 cm³/mol. The lowest BCUT2D eigenvalue weighted by Crippen LogP contribution is -2.03. The summed E-state index contributed by atoms with van der Waals surface area (Å²) >= 11 is 0. The number of halogens is 3. The summed E-state index contributed by atoms with van der Waals surface area (Å²) in [5.41, 5.74) is 6.63. The number of ether oxygens (including phenoxy) is 1. The van der Waals surface area contributed by atoms with E-state index in [-0.39, 0.29) is 5.97 Å². The van der Waals surface area contributed by atoms with Gasteiger partial charge in [-0.15, -0.1) is 0 Å². The van der Waals surface area contributed by atoms with Crippen LogP contribution in [0.2, 0.25) is 0 Å². The number of esters is 1. The van der Waals surface area contributed by atoms with E-state index in [4.69, 9.17) is 5.73 Å². The Bertz CT molecular complexity index is 411. The van der Waals surface area contributed by atoms with Crippen LogP contribution in [0.5, 0.6) is 0 Å². The lowest BCUT2D eigenvalue weighted by atomic mass is 10.1. The first-order chi connectivity index (χ1) is 8.81. The van der Waals surface area contributed by atoms with E-state index in [0.717, 1.165) is 18.3 Å². The molecule has 0 amide bonds. The van der Waals surface area contributed by atoms with E-state index in [9.17, 15) is 18.0 Å². The van der Waals surface area contributed by atoms with Gasteiger partial charge < -0.3 is 10.5 Å². The molecule has 6 heteroatoms. The topological polar surface area (TPSA) is 50.1 Å². The van der Waals surface area contributed by atoms with Gasteiger partial charge in [-0.05, 0) is 24.6 Å². The van der Waals surface area contributed by atoms with E-state index in [1.54, 1.807) is 6.92 Å². The summed E-state index contributed by atoms with van der Waals surface area (Å²) in [5, 5.41) is 0. The molecule has 0 aliphatic carbocycles. The molecule has 0 spiro atoms.